The summed E-state index contributed by atoms with van der Waals surface area (Å²) in [5.74, 6) is -0.295. The highest BCUT2D eigenvalue weighted by Gasteiger charge is 2.22. The Kier molecular flexibility index (Phi) is 5.24. The Hall–Kier alpha value is -2.22. The van der Waals surface area contributed by atoms with Gasteiger partial charge in [-0.3, -0.25) is 5.32 Å². The number of urea groups is 1. The largest absolute Gasteiger partial charge is 0.344 e. The van der Waals surface area contributed by atoms with Gasteiger partial charge in [-0.15, -0.1) is 10.2 Å². The molecule has 6 nitrogen and oxygen atoms in total. The summed E-state index contributed by atoms with van der Waals surface area (Å²) < 4.78 is 12.8. The summed E-state index contributed by atoms with van der Waals surface area (Å²) in [4.78, 5) is 14.2. The van der Waals surface area contributed by atoms with Gasteiger partial charge in [-0.25, -0.2) is 9.18 Å². The van der Waals surface area contributed by atoms with E-state index in [4.69, 9.17) is 0 Å². The van der Waals surface area contributed by atoms with Crippen LogP contribution in [0.1, 0.15) is 31.7 Å². The van der Waals surface area contributed by atoms with Gasteiger partial charge in [-0.2, -0.15) is 0 Å². The average Bonchev–Trinajstić information content (AvgIpc) is 3.03. The number of hydrogen-bond acceptors (Lipinski definition) is 5. The van der Waals surface area contributed by atoms with E-state index < -0.39 is 0 Å². The summed E-state index contributed by atoms with van der Waals surface area (Å²) >= 11 is 1.38. The van der Waals surface area contributed by atoms with Gasteiger partial charge in [0.1, 0.15) is 5.82 Å². The lowest BCUT2D eigenvalue weighted by Gasteiger charge is -2.32. The zero-order valence-electron chi connectivity index (χ0n) is 13.5. The second kappa shape index (κ2) is 7.57. The molecule has 2 aromatic rings. The minimum atomic E-state index is -0.353. The van der Waals surface area contributed by atoms with Crippen LogP contribution in [-0.2, 0) is 6.54 Å². The van der Waals surface area contributed by atoms with Crippen molar-refractivity contribution in [3.63, 3.8) is 0 Å². The highest BCUT2D eigenvalue weighted by atomic mass is 32.1. The van der Waals surface area contributed by atoms with E-state index in [1.807, 2.05) is 0 Å². The lowest BCUT2D eigenvalue weighted by molar-refractivity contribution is 0.251. The third-order valence-corrected chi connectivity index (χ3v) is 4.93. The number of piperidine rings is 1. The predicted molar refractivity (Wildman–Crippen MR) is 92.8 cm³/mol. The molecule has 1 aliphatic heterocycles. The van der Waals surface area contributed by atoms with Crippen LogP contribution in [0.15, 0.2) is 24.3 Å². The topological polar surface area (TPSA) is 70.2 Å². The number of hydrogen-bond donors (Lipinski definition) is 2. The maximum absolute atomic E-state index is 12.8. The standard InChI is InChI=1S/C16H20FN5OS/c1-11-4-2-3-9-22(11)16-21-20-15(24-16)19-14(23)18-10-12-5-7-13(17)8-6-12/h5-8,11H,2-4,9-10H2,1H3,(H2,18,19,20,23). The van der Waals surface area contributed by atoms with Gasteiger partial charge in [0, 0.05) is 19.1 Å². The number of halogens is 1. The predicted octanol–water partition coefficient (Wildman–Crippen LogP) is 3.38. The Balaban J connectivity index is 1.52. The van der Waals surface area contributed by atoms with E-state index in [9.17, 15) is 9.18 Å². The van der Waals surface area contributed by atoms with Crippen molar-refractivity contribution in [1.82, 2.24) is 15.5 Å². The minimum Gasteiger partial charge on any atom is -0.344 e. The van der Waals surface area contributed by atoms with Gasteiger partial charge in [0.15, 0.2) is 0 Å². The molecular weight excluding hydrogens is 329 g/mol. The smallest absolute Gasteiger partial charge is 0.321 e. The lowest BCUT2D eigenvalue weighted by Crippen LogP contribution is -2.37. The van der Waals surface area contributed by atoms with Gasteiger partial charge in [0.05, 0.1) is 0 Å². The summed E-state index contributed by atoms with van der Waals surface area (Å²) in [7, 11) is 0. The van der Waals surface area contributed by atoms with Crippen LogP contribution in [0.25, 0.3) is 0 Å². The van der Waals surface area contributed by atoms with Crippen LogP contribution in [-0.4, -0.2) is 28.8 Å². The Morgan fingerprint density at radius 2 is 2.12 bits per heavy atom. The summed E-state index contributed by atoms with van der Waals surface area (Å²) in [6, 6.07) is 6.10. The van der Waals surface area contributed by atoms with Gasteiger partial charge in [0.2, 0.25) is 10.3 Å². The number of carbonyl (C=O) groups is 1. The van der Waals surface area contributed by atoms with Gasteiger partial charge >= 0.3 is 6.03 Å². The van der Waals surface area contributed by atoms with Gasteiger partial charge in [-0.1, -0.05) is 23.5 Å². The molecule has 1 saturated heterocycles. The van der Waals surface area contributed by atoms with Gasteiger partial charge in [-0.05, 0) is 43.9 Å². The van der Waals surface area contributed by atoms with Crippen LogP contribution in [0.2, 0.25) is 0 Å². The number of carbonyl (C=O) groups excluding carboxylic acids is 1. The van der Waals surface area contributed by atoms with Crippen LogP contribution < -0.4 is 15.5 Å². The van der Waals surface area contributed by atoms with E-state index in [2.05, 4.69) is 32.7 Å². The van der Waals surface area contributed by atoms with E-state index in [0.29, 0.717) is 17.7 Å². The molecule has 3 rings (SSSR count). The number of nitrogens with zero attached hydrogens (tertiary/aromatic N) is 3. The first-order chi connectivity index (χ1) is 11.6. The molecule has 0 bridgehead atoms. The van der Waals surface area contributed by atoms with E-state index in [1.54, 1.807) is 12.1 Å². The fourth-order valence-electron chi connectivity index (χ4n) is 2.69. The zero-order valence-corrected chi connectivity index (χ0v) is 14.3. The highest BCUT2D eigenvalue weighted by Crippen LogP contribution is 2.29. The Morgan fingerprint density at radius 1 is 1.33 bits per heavy atom. The maximum Gasteiger partial charge on any atom is 0.321 e. The molecule has 1 atom stereocenters. The first kappa shape index (κ1) is 16.6. The van der Waals surface area contributed by atoms with E-state index in [1.165, 1.54) is 29.9 Å². The Morgan fingerprint density at radius 3 is 2.88 bits per heavy atom. The maximum atomic E-state index is 12.8. The number of aromatic nitrogens is 2. The van der Waals surface area contributed by atoms with Crippen molar-refractivity contribution in [1.29, 1.82) is 0 Å². The van der Waals surface area contributed by atoms with Crippen molar-refractivity contribution in [2.75, 3.05) is 16.8 Å². The summed E-state index contributed by atoms with van der Waals surface area (Å²) in [6.45, 7) is 3.48. The van der Waals surface area contributed by atoms with E-state index in [-0.39, 0.29) is 11.8 Å². The first-order valence-electron chi connectivity index (χ1n) is 8.01. The second-order valence-corrected chi connectivity index (χ2v) is 6.82. The number of nitrogens with one attached hydrogen (secondary N) is 2. The molecule has 1 aromatic heterocycles. The summed E-state index contributed by atoms with van der Waals surface area (Å²) in [6.07, 6.45) is 3.55. The molecule has 1 aliphatic rings. The van der Waals surface area contributed by atoms with Crippen LogP contribution in [0.4, 0.5) is 19.4 Å². The molecule has 24 heavy (non-hydrogen) atoms. The fraction of sp³-hybridized carbons (Fsp3) is 0.438. The molecule has 128 valence electrons. The van der Waals surface area contributed by atoms with Crippen molar-refractivity contribution < 1.29 is 9.18 Å². The monoisotopic (exact) mass is 349 g/mol. The molecule has 0 aliphatic carbocycles. The van der Waals surface area contributed by atoms with Crippen molar-refractivity contribution in [3.8, 4) is 0 Å². The molecule has 0 spiro atoms. The molecule has 0 saturated carbocycles. The number of benzene rings is 1. The fourth-order valence-corrected chi connectivity index (χ4v) is 3.56. The van der Waals surface area contributed by atoms with Crippen molar-refractivity contribution in [2.24, 2.45) is 0 Å². The average molecular weight is 349 g/mol. The summed E-state index contributed by atoms with van der Waals surface area (Å²) in [5.41, 5.74) is 0.826. The Labute approximate surface area is 144 Å². The SMILES string of the molecule is CC1CCCCN1c1nnc(NC(=O)NCc2ccc(F)cc2)s1. The van der Waals surface area contributed by atoms with Crippen LogP contribution in [0.3, 0.4) is 0 Å². The van der Waals surface area contributed by atoms with E-state index >= 15 is 0 Å². The molecule has 1 aromatic carbocycles. The Bertz CT molecular complexity index is 690. The third kappa shape index (κ3) is 4.19. The minimum absolute atomic E-state index is 0.295. The number of rotatable bonds is 4. The zero-order chi connectivity index (χ0) is 16.9. The van der Waals surface area contributed by atoms with Crippen molar-refractivity contribution >= 4 is 27.6 Å². The first-order valence-corrected chi connectivity index (χ1v) is 8.83. The molecule has 1 unspecified atom stereocenters. The van der Waals surface area contributed by atoms with Crippen LogP contribution in [0.5, 0.6) is 0 Å². The summed E-state index contributed by atoms with van der Waals surface area (Å²) in [5, 5.41) is 14.9. The van der Waals surface area contributed by atoms with Crippen LogP contribution in [0, 0.1) is 5.82 Å². The van der Waals surface area contributed by atoms with Crippen molar-refractivity contribution in [3.05, 3.63) is 35.6 Å². The molecule has 2 amide bonds. The van der Waals surface area contributed by atoms with E-state index in [0.717, 1.165) is 30.1 Å². The van der Waals surface area contributed by atoms with Crippen LogP contribution >= 0.6 is 11.3 Å². The molecule has 2 heterocycles. The second-order valence-electron chi connectivity index (χ2n) is 5.86. The lowest BCUT2D eigenvalue weighted by atomic mass is 10.1. The van der Waals surface area contributed by atoms with Gasteiger partial charge in [0.25, 0.3) is 0 Å². The molecule has 0 radical (unpaired) electrons. The third-order valence-electron chi connectivity index (χ3n) is 4.05. The molecule has 8 heteroatoms. The quantitative estimate of drug-likeness (QED) is 0.888. The number of amides is 2. The highest BCUT2D eigenvalue weighted by molar-refractivity contribution is 7.19. The molecular formula is C16H20FN5OS. The molecule has 2 N–H and O–H groups in total. The normalized spacial score (nSPS) is 17.6. The number of anilines is 2. The molecule has 1 fully saturated rings. The van der Waals surface area contributed by atoms with Crippen molar-refractivity contribution in [2.45, 2.75) is 38.8 Å². The van der Waals surface area contributed by atoms with Gasteiger partial charge < -0.3 is 10.2 Å².